The van der Waals surface area contributed by atoms with E-state index in [-0.39, 0.29) is 0 Å². The first-order valence-corrected chi connectivity index (χ1v) is 5.46. The molecule has 2 heteroatoms. The third kappa shape index (κ3) is 2.04. The van der Waals surface area contributed by atoms with Gasteiger partial charge in [0, 0.05) is 17.1 Å². The lowest BCUT2D eigenvalue weighted by atomic mass is 10.2. The molecule has 0 fully saturated rings. The molecule has 0 unspecified atom stereocenters. The predicted molar refractivity (Wildman–Crippen MR) is 66.6 cm³/mol. The smallest absolute Gasteiger partial charge is 0.120 e. The topological polar surface area (TPSA) is 14.2 Å². The quantitative estimate of drug-likeness (QED) is 0.715. The molecule has 0 radical (unpaired) electrons. The Hall–Kier alpha value is -1.88. The second kappa shape index (κ2) is 4.76. The average molecular weight is 213 g/mol. The van der Waals surface area contributed by atoms with Gasteiger partial charge in [0.25, 0.3) is 0 Å². The van der Waals surface area contributed by atoms with Crippen LogP contribution in [0.5, 0.6) is 5.75 Å². The predicted octanol–water partition coefficient (Wildman–Crippen LogP) is 3.06. The maximum Gasteiger partial charge on any atom is 0.120 e. The highest BCUT2D eigenvalue weighted by Crippen LogP contribution is 2.21. The van der Waals surface area contributed by atoms with Crippen molar-refractivity contribution in [3.8, 4) is 17.6 Å². The van der Waals surface area contributed by atoms with E-state index in [1.54, 1.807) is 0 Å². The number of aromatic nitrogens is 1. The maximum absolute atomic E-state index is 5.47. The molecule has 2 nitrogen and oxygen atoms in total. The van der Waals surface area contributed by atoms with E-state index in [4.69, 9.17) is 4.74 Å². The highest BCUT2D eigenvalue weighted by molar-refractivity contribution is 5.81. The van der Waals surface area contributed by atoms with Gasteiger partial charge in [0.15, 0.2) is 0 Å². The summed E-state index contributed by atoms with van der Waals surface area (Å²) in [5.74, 6) is 6.90. The molecule has 0 aliphatic heterocycles. The standard InChI is InChI=1S/C14H15NO/c1-3-5-9-15-10-8-12-11-13(16-4-2)6-7-14(12)15/h6-8,10-11H,4,9H2,1-2H3. The fourth-order valence-electron chi connectivity index (χ4n) is 1.74. The van der Waals surface area contributed by atoms with Gasteiger partial charge in [-0.3, -0.25) is 0 Å². The van der Waals surface area contributed by atoms with E-state index in [0.29, 0.717) is 6.61 Å². The third-order valence-corrected chi connectivity index (χ3v) is 2.48. The van der Waals surface area contributed by atoms with Crippen molar-refractivity contribution in [1.82, 2.24) is 4.57 Å². The molecule has 0 saturated carbocycles. The van der Waals surface area contributed by atoms with Crippen molar-refractivity contribution in [2.24, 2.45) is 0 Å². The van der Waals surface area contributed by atoms with E-state index < -0.39 is 0 Å². The molecule has 0 spiro atoms. The van der Waals surface area contributed by atoms with Gasteiger partial charge in [-0.25, -0.2) is 0 Å². The summed E-state index contributed by atoms with van der Waals surface area (Å²) in [5, 5.41) is 1.20. The van der Waals surface area contributed by atoms with E-state index >= 15 is 0 Å². The Labute approximate surface area is 95.8 Å². The molecule has 2 aromatic rings. The first-order valence-electron chi connectivity index (χ1n) is 5.46. The van der Waals surface area contributed by atoms with Crippen LogP contribution in [0.4, 0.5) is 0 Å². The van der Waals surface area contributed by atoms with Gasteiger partial charge in [-0.2, -0.15) is 0 Å². The van der Waals surface area contributed by atoms with Gasteiger partial charge in [-0.15, -0.1) is 5.92 Å². The lowest BCUT2D eigenvalue weighted by Gasteiger charge is -2.04. The molecule has 0 aliphatic rings. The summed E-state index contributed by atoms with van der Waals surface area (Å²) >= 11 is 0. The second-order valence-corrected chi connectivity index (χ2v) is 3.52. The normalized spacial score (nSPS) is 9.88. The van der Waals surface area contributed by atoms with Crippen molar-refractivity contribution in [1.29, 1.82) is 0 Å². The molecule has 82 valence electrons. The SMILES string of the molecule is CC#CCn1ccc2cc(OCC)ccc21. The molecule has 1 heterocycles. The Morgan fingerprint density at radius 3 is 2.94 bits per heavy atom. The molecule has 0 aliphatic carbocycles. The van der Waals surface area contributed by atoms with Gasteiger partial charge in [0.05, 0.1) is 13.2 Å². The molecule has 0 amide bonds. The summed E-state index contributed by atoms with van der Waals surface area (Å²) in [6.07, 6.45) is 2.06. The minimum atomic E-state index is 0.702. The van der Waals surface area contributed by atoms with Crippen LogP contribution in [0.25, 0.3) is 10.9 Å². The van der Waals surface area contributed by atoms with Crippen LogP contribution in [0.15, 0.2) is 30.5 Å². The zero-order chi connectivity index (χ0) is 11.4. The first kappa shape index (κ1) is 10.6. The summed E-state index contributed by atoms with van der Waals surface area (Å²) in [6.45, 7) is 5.30. The van der Waals surface area contributed by atoms with E-state index in [0.717, 1.165) is 12.3 Å². The molecule has 0 N–H and O–H groups in total. The Bertz CT molecular complexity index is 543. The average Bonchev–Trinajstić information content (AvgIpc) is 2.69. The van der Waals surface area contributed by atoms with Crippen LogP contribution in [0, 0.1) is 11.8 Å². The van der Waals surface area contributed by atoms with Crippen molar-refractivity contribution >= 4 is 10.9 Å². The maximum atomic E-state index is 5.47. The van der Waals surface area contributed by atoms with Crippen LogP contribution in [-0.2, 0) is 6.54 Å². The summed E-state index contributed by atoms with van der Waals surface area (Å²) in [5.41, 5.74) is 1.20. The van der Waals surface area contributed by atoms with Crippen molar-refractivity contribution in [3.63, 3.8) is 0 Å². The fourth-order valence-corrected chi connectivity index (χ4v) is 1.74. The number of benzene rings is 1. The minimum absolute atomic E-state index is 0.702. The molecule has 0 bridgehead atoms. The number of fused-ring (bicyclic) bond motifs is 1. The van der Waals surface area contributed by atoms with E-state index in [9.17, 15) is 0 Å². The van der Waals surface area contributed by atoms with Crippen LogP contribution < -0.4 is 4.74 Å². The molecule has 0 atom stereocenters. The van der Waals surface area contributed by atoms with E-state index in [1.807, 2.05) is 19.9 Å². The zero-order valence-electron chi connectivity index (χ0n) is 9.66. The molecular weight excluding hydrogens is 198 g/mol. The lowest BCUT2D eigenvalue weighted by Crippen LogP contribution is -1.93. The van der Waals surface area contributed by atoms with Crippen LogP contribution in [0.2, 0.25) is 0 Å². The number of ether oxygens (including phenoxy) is 1. The molecule has 0 saturated heterocycles. The Kier molecular flexibility index (Phi) is 3.16. The van der Waals surface area contributed by atoms with Crippen LogP contribution in [-0.4, -0.2) is 11.2 Å². The monoisotopic (exact) mass is 213 g/mol. The van der Waals surface area contributed by atoms with Crippen molar-refractivity contribution in [3.05, 3.63) is 30.5 Å². The Morgan fingerprint density at radius 2 is 2.19 bits per heavy atom. The van der Waals surface area contributed by atoms with Crippen molar-refractivity contribution in [2.75, 3.05) is 6.61 Å². The number of rotatable bonds is 3. The zero-order valence-corrected chi connectivity index (χ0v) is 9.66. The van der Waals surface area contributed by atoms with Gasteiger partial charge in [0.2, 0.25) is 0 Å². The number of hydrogen-bond donors (Lipinski definition) is 0. The fraction of sp³-hybridized carbons (Fsp3) is 0.286. The Morgan fingerprint density at radius 1 is 1.31 bits per heavy atom. The molecular formula is C14H15NO. The molecule has 1 aromatic carbocycles. The van der Waals surface area contributed by atoms with Gasteiger partial charge >= 0.3 is 0 Å². The highest BCUT2D eigenvalue weighted by Gasteiger charge is 2.01. The minimum Gasteiger partial charge on any atom is -0.494 e. The molecule has 1 aromatic heterocycles. The van der Waals surface area contributed by atoms with Gasteiger partial charge in [-0.1, -0.05) is 5.92 Å². The van der Waals surface area contributed by atoms with Crippen LogP contribution in [0.1, 0.15) is 13.8 Å². The van der Waals surface area contributed by atoms with Crippen molar-refractivity contribution in [2.45, 2.75) is 20.4 Å². The summed E-state index contributed by atoms with van der Waals surface area (Å²) in [4.78, 5) is 0. The first-order chi connectivity index (χ1) is 7.85. The lowest BCUT2D eigenvalue weighted by molar-refractivity contribution is 0.340. The highest BCUT2D eigenvalue weighted by atomic mass is 16.5. The molecule has 16 heavy (non-hydrogen) atoms. The van der Waals surface area contributed by atoms with E-state index in [1.165, 1.54) is 10.9 Å². The number of hydrogen-bond acceptors (Lipinski definition) is 1. The van der Waals surface area contributed by atoms with Gasteiger partial charge < -0.3 is 9.30 Å². The largest absolute Gasteiger partial charge is 0.494 e. The van der Waals surface area contributed by atoms with Gasteiger partial charge in [-0.05, 0) is 38.1 Å². The van der Waals surface area contributed by atoms with Crippen LogP contribution in [0.3, 0.4) is 0 Å². The summed E-state index contributed by atoms with van der Waals surface area (Å²) < 4.78 is 7.61. The second-order valence-electron chi connectivity index (χ2n) is 3.52. The van der Waals surface area contributed by atoms with E-state index in [2.05, 4.69) is 40.8 Å². The van der Waals surface area contributed by atoms with Gasteiger partial charge in [0.1, 0.15) is 5.75 Å². The number of nitrogens with zero attached hydrogens (tertiary/aromatic N) is 1. The summed E-state index contributed by atoms with van der Waals surface area (Å²) in [7, 11) is 0. The Balaban J connectivity index is 2.37. The molecule has 2 rings (SSSR count). The van der Waals surface area contributed by atoms with Crippen LogP contribution >= 0.6 is 0 Å². The summed E-state index contributed by atoms with van der Waals surface area (Å²) in [6, 6.07) is 8.24. The third-order valence-electron chi connectivity index (χ3n) is 2.48. The van der Waals surface area contributed by atoms with Crippen molar-refractivity contribution < 1.29 is 4.74 Å².